The molecule has 0 aliphatic heterocycles. The summed E-state index contributed by atoms with van der Waals surface area (Å²) in [4.78, 5) is 10.8. The third kappa shape index (κ3) is 6.39. The van der Waals surface area contributed by atoms with Gasteiger partial charge in [0.25, 0.3) is 0 Å². The number of nitrogen functional groups attached to an aromatic ring is 1. The fourth-order valence-electron chi connectivity index (χ4n) is 1.27. The largest absolute Gasteiger partial charge is 0.494 e. The van der Waals surface area contributed by atoms with Gasteiger partial charge in [-0.1, -0.05) is 0 Å². The van der Waals surface area contributed by atoms with Gasteiger partial charge in [0.1, 0.15) is 5.75 Å². The zero-order valence-electron chi connectivity index (χ0n) is 10.6. The van der Waals surface area contributed by atoms with Crippen LogP contribution in [0.3, 0.4) is 0 Å². The zero-order valence-corrected chi connectivity index (χ0v) is 11.4. The van der Waals surface area contributed by atoms with Gasteiger partial charge in [0.15, 0.2) is 0 Å². The van der Waals surface area contributed by atoms with E-state index >= 15 is 0 Å². The van der Waals surface area contributed by atoms with Gasteiger partial charge in [-0.25, -0.2) is 0 Å². The molecule has 100 valence electrons. The number of nitrogens with two attached hydrogens (primary N) is 1. The van der Waals surface area contributed by atoms with E-state index in [1.54, 1.807) is 11.8 Å². The van der Waals surface area contributed by atoms with Crippen molar-refractivity contribution in [2.45, 2.75) is 12.8 Å². The Bertz CT molecular complexity index is 354. The molecule has 0 aliphatic carbocycles. The van der Waals surface area contributed by atoms with Gasteiger partial charge in [-0.15, -0.1) is 0 Å². The van der Waals surface area contributed by atoms with E-state index in [0.717, 1.165) is 29.4 Å². The van der Waals surface area contributed by atoms with E-state index in [2.05, 4.69) is 4.74 Å². The molecule has 0 aromatic heterocycles. The Morgan fingerprint density at radius 2 is 2.00 bits per heavy atom. The Morgan fingerprint density at radius 3 is 2.67 bits per heavy atom. The van der Waals surface area contributed by atoms with Crippen LogP contribution in [0.2, 0.25) is 0 Å². The summed E-state index contributed by atoms with van der Waals surface area (Å²) in [6, 6.07) is 7.36. The first kappa shape index (κ1) is 14.7. The van der Waals surface area contributed by atoms with Gasteiger partial charge in [0, 0.05) is 11.4 Å². The number of methoxy groups -OCH3 is 1. The molecular weight excluding hydrogens is 250 g/mol. The Balaban J connectivity index is 1.99. The Hall–Kier alpha value is -1.36. The molecule has 1 rings (SSSR count). The van der Waals surface area contributed by atoms with Crippen LogP contribution in [0.15, 0.2) is 24.3 Å². The molecule has 0 fully saturated rings. The quantitative estimate of drug-likeness (QED) is 0.446. The van der Waals surface area contributed by atoms with Gasteiger partial charge in [-0.3, -0.25) is 4.79 Å². The van der Waals surface area contributed by atoms with Gasteiger partial charge in [-0.2, -0.15) is 11.8 Å². The first-order chi connectivity index (χ1) is 8.72. The van der Waals surface area contributed by atoms with Crippen molar-refractivity contribution >= 4 is 23.4 Å². The van der Waals surface area contributed by atoms with E-state index in [0.29, 0.717) is 13.0 Å². The highest BCUT2D eigenvalue weighted by molar-refractivity contribution is 7.99. The van der Waals surface area contributed by atoms with Crippen LogP contribution in [0.1, 0.15) is 12.8 Å². The fourth-order valence-corrected chi connectivity index (χ4v) is 2.11. The summed E-state index contributed by atoms with van der Waals surface area (Å²) in [5, 5.41) is 0. The molecule has 5 heteroatoms. The lowest BCUT2D eigenvalue weighted by molar-refractivity contribution is -0.140. The first-order valence-corrected chi connectivity index (χ1v) is 7.00. The van der Waals surface area contributed by atoms with Crippen LogP contribution in [0.5, 0.6) is 5.75 Å². The predicted octanol–water partition coefficient (Wildman–Crippen LogP) is 2.33. The van der Waals surface area contributed by atoms with Crippen LogP contribution in [0, 0.1) is 0 Å². The highest BCUT2D eigenvalue weighted by Crippen LogP contribution is 2.13. The summed E-state index contributed by atoms with van der Waals surface area (Å²) in [6.45, 7) is 0.676. The van der Waals surface area contributed by atoms with Crippen molar-refractivity contribution in [3.63, 3.8) is 0 Å². The minimum absolute atomic E-state index is 0.152. The Kier molecular flexibility index (Phi) is 7.10. The van der Waals surface area contributed by atoms with E-state index in [9.17, 15) is 4.79 Å². The molecule has 18 heavy (non-hydrogen) atoms. The number of anilines is 1. The topological polar surface area (TPSA) is 61.5 Å². The average molecular weight is 269 g/mol. The molecule has 1 aromatic rings. The Labute approximate surface area is 112 Å². The van der Waals surface area contributed by atoms with Gasteiger partial charge >= 0.3 is 5.97 Å². The number of hydrogen-bond donors (Lipinski definition) is 1. The van der Waals surface area contributed by atoms with Crippen molar-refractivity contribution in [1.29, 1.82) is 0 Å². The van der Waals surface area contributed by atoms with Crippen LogP contribution in [-0.2, 0) is 9.53 Å². The number of hydrogen-bond acceptors (Lipinski definition) is 5. The molecule has 0 aliphatic rings. The molecule has 4 nitrogen and oxygen atoms in total. The zero-order chi connectivity index (χ0) is 13.2. The van der Waals surface area contributed by atoms with E-state index in [-0.39, 0.29) is 5.97 Å². The van der Waals surface area contributed by atoms with Gasteiger partial charge in [0.05, 0.1) is 20.1 Å². The molecule has 0 bridgehead atoms. The number of benzene rings is 1. The summed E-state index contributed by atoms with van der Waals surface area (Å²) in [6.07, 6.45) is 1.43. The standard InChI is InChI=1S/C13H19NO3S/c1-16-13(15)7-10-18-9-2-8-17-12-5-3-11(14)4-6-12/h3-6H,2,7-10,14H2,1H3. The summed E-state index contributed by atoms with van der Waals surface area (Å²) >= 11 is 1.73. The molecule has 0 spiro atoms. The van der Waals surface area contributed by atoms with E-state index in [4.69, 9.17) is 10.5 Å². The van der Waals surface area contributed by atoms with E-state index in [1.807, 2.05) is 24.3 Å². The molecule has 0 unspecified atom stereocenters. The predicted molar refractivity (Wildman–Crippen MR) is 74.9 cm³/mol. The van der Waals surface area contributed by atoms with Gasteiger partial charge in [0.2, 0.25) is 0 Å². The molecule has 0 atom stereocenters. The van der Waals surface area contributed by atoms with Gasteiger partial charge in [-0.05, 0) is 36.4 Å². The SMILES string of the molecule is COC(=O)CCSCCCOc1ccc(N)cc1. The number of carbonyl (C=O) groups excluding carboxylic acids is 1. The van der Waals surface area contributed by atoms with Crippen LogP contribution in [-0.4, -0.2) is 31.2 Å². The average Bonchev–Trinajstić information content (AvgIpc) is 2.39. The van der Waals surface area contributed by atoms with Crippen LogP contribution in [0.25, 0.3) is 0 Å². The molecule has 1 aromatic carbocycles. The molecule has 0 heterocycles. The van der Waals surface area contributed by atoms with Crippen molar-refractivity contribution in [2.75, 3.05) is 31.0 Å². The Morgan fingerprint density at radius 1 is 1.28 bits per heavy atom. The van der Waals surface area contributed by atoms with Crippen molar-refractivity contribution in [1.82, 2.24) is 0 Å². The van der Waals surface area contributed by atoms with Crippen LogP contribution < -0.4 is 10.5 Å². The van der Waals surface area contributed by atoms with Crippen LogP contribution in [0.4, 0.5) is 5.69 Å². The lowest BCUT2D eigenvalue weighted by atomic mass is 10.3. The summed E-state index contributed by atoms with van der Waals surface area (Å²) in [5.74, 6) is 2.46. The smallest absolute Gasteiger partial charge is 0.306 e. The molecule has 0 amide bonds. The second-order valence-electron chi connectivity index (χ2n) is 3.71. The highest BCUT2D eigenvalue weighted by atomic mass is 32.2. The lowest BCUT2D eigenvalue weighted by Gasteiger charge is -2.06. The maximum Gasteiger partial charge on any atom is 0.306 e. The van der Waals surface area contributed by atoms with Crippen molar-refractivity contribution in [3.8, 4) is 5.75 Å². The molecule has 2 N–H and O–H groups in total. The van der Waals surface area contributed by atoms with E-state index < -0.39 is 0 Å². The minimum Gasteiger partial charge on any atom is -0.494 e. The lowest BCUT2D eigenvalue weighted by Crippen LogP contribution is -2.03. The minimum atomic E-state index is -0.152. The molecule has 0 radical (unpaired) electrons. The maximum atomic E-state index is 10.8. The first-order valence-electron chi connectivity index (χ1n) is 5.85. The summed E-state index contributed by atoms with van der Waals surface area (Å²) in [7, 11) is 1.41. The third-order valence-electron chi connectivity index (χ3n) is 2.26. The normalized spacial score (nSPS) is 10.1. The highest BCUT2D eigenvalue weighted by Gasteiger charge is 1.99. The molecular formula is C13H19NO3S. The fraction of sp³-hybridized carbons (Fsp3) is 0.462. The molecule has 0 saturated carbocycles. The number of rotatable bonds is 8. The molecule has 0 saturated heterocycles. The third-order valence-corrected chi connectivity index (χ3v) is 3.33. The van der Waals surface area contributed by atoms with Crippen LogP contribution >= 0.6 is 11.8 Å². The monoisotopic (exact) mass is 269 g/mol. The summed E-state index contributed by atoms with van der Waals surface area (Å²) in [5.41, 5.74) is 6.31. The van der Waals surface area contributed by atoms with Gasteiger partial charge < -0.3 is 15.2 Å². The number of thioether (sulfide) groups is 1. The summed E-state index contributed by atoms with van der Waals surface area (Å²) < 4.78 is 10.1. The second kappa shape index (κ2) is 8.69. The number of carbonyl (C=O) groups is 1. The number of esters is 1. The van der Waals surface area contributed by atoms with Crippen molar-refractivity contribution in [2.24, 2.45) is 0 Å². The van der Waals surface area contributed by atoms with E-state index in [1.165, 1.54) is 7.11 Å². The van der Waals surface area contributed by atoms with Crippen molar-refractivity contribution in [3.05, 3.63) is 24.3 Å². The second-order valence-corrected chi connectivity index (χ2v) is 4.93. The van der Waals surface area contributed by atoms with Crippen molar-refractivity contribution < 1.29 is 14.3 Å². The maximum absolute atomic E-state index is 10.8. The number of ether oxygens (including phenoxy) is 2.